The molecule has 0 radical (unpaired) electrons. The molecule has 3 N–H and O–H groups in total. The van der Waals surface area contributed by atoms with Crippen molar-refractivity contribution >= 4 is 0 Å². The van der Waals surface area contributed by atoms with Gasteiger partial charge in [-0.2, -0.15) is 0 Å². The lowest BCUT2D eigenvalue weighted by atomic mass is 9.47. The average molecular weight is 242 g/mol. The van der Waals surface area contributed by atoms with Crippen molar-refractivity contribution in [1.29, 1.82) is 0 Å². The molecular weight excluding hydrogens is 218 g/mol. The van der Waals surface area contributed by atoms with Crippen LogP contribution in [0.5, 0.6) is 0 Å². The Hall–Kier alpha value is -0.820. The summed E-state index contributed by atoms with van der Waals surface area (Å²) in [6, 6.07) is 11.6. The highest BCUT2D eigenvalue weighted by molar-refractivity contribution is 5.21. The van der Waals surface area contributed by atoms with Crippen LogP contribution in [0.15, 0.2) is 30.3 Å². The smallest absolute Gasteiger partial charge is 0.116 e. The van der Waals surface area contributed by atoms with E-state index >= 15 is 0 Å². The van der Waals surface area contributed by atoms with E-state index in [-0.39, 0.29) is 0 Å². The van der Waals surface area contributed by atoms with Gasteiger partial charge in [-0.25, -0.2) is 0 Å². The summed E-state index contributed by atoms with van der Waals surface area (Å²) in [5.41, 5.74) is 6.62. The van der Waals surface area contributed by atoms with Crippen LogP contribution >= 0.6 is 0 Å². The summed E-state index contributed by atoms with van der Waals surface area (Å²) >= 11 is 0. The molecule has 4 bridgehead atoms. The summed E-state index contributed by atoms with van der Waals surface area (Å²) in [4.78, 5) is 0. The van der Waals surface area contributed by atoms with Crippen molar-refractivity contribution in [2.24, 2.45) is 23.2 Å². The van der Waals surface area contributed by atoms with Gasteiger partial charge < -0.3 is 5.73 Å². The first kappa shape index (κ1) is 11.0. The van der Waals surface area contributed by atoms with Gasteiger partial charge in [0.15, 0.2) is 0 Å². The summed E-state index contributed by atoms with van der Waals surface area (Å²) in [6.45, 7) is 0. The van der Waals surface area contributed by atoms with Gasteiger partial charge in [-0.05, 0) is 56.3 Å². The second kappa shape index (κ2) is 3.84. The maximum atomic E-state index is 4.60. The first-order valence-electron chi connectivity index (χ1n) is 7.63. The van der Waals surface area contributed by atoms with Gasteiger partial charge in [0.1, 0.15) is 6.04 Å². The molecule has 1 heteroatoms. The highest BCUT2D eigenvalue weighted by Gasteiger charge is 2.55. The highest BCUT2D eigenvalue weighted by Crippen LogP contribution is 2.63. The minimum atomic E-state index is 0.520. The predicted molar refractivity (Wildman–Crippen MR) is 72.7 cm³/mol. The summed E-state index contributed by atoms with van der Waals surface area (Å²) in [5, 5.41) is 0. The van der Waals surface area contributed by atoms with E-state index in [4.69, 9.17) is 0 Å². The summed E-state index contributed by atoms with van der Waals surface area (Å²) in [7, 11) is 0. The first-order valence-corrected chi connectivity index (χ1v) is 7.63. The van der Waals surface area contributed by atoms with E-state index < -0.39 is 0 Å². The predicted octanol–water partition coefficient (Wildman–Crippen LogP) is 3.19. The van der Waals surface area contributed by atoms with Gasteiger partial charge >= 0.3 is 0 Å². The van der Waals surface area contributed by atoms with Crippen molar-refractivity contribution in [2.45, 2.75) is 44.6 Å². The molecule has 4 aliphatic rings. The molecule has 1 nitrogen and oxygen atoms in total. The van der Waals surface area contributed by atoms with E-state index in [0.717, 1.165) is 17.8 Å². The van der Waals surface area contributed by atoms with E-state index in [2.05, 4.69) is 36.1 Å². The first-order chi connectivity index (χ1) is 8.75. The number of hydrogen-bond acceptors (Lipinski definition) is 0. The lowest BCUT2D eigenvalue weighted by Gasteiger charge is -2.57. The second-order valence-corrected chi connectivity index (χ2v) is 7.24. The van der Waals surface area contributed by atoms with Crippen molar-refractivity contribution in [3.63, 3.8) is 0 Å². The largest absolute Gasteiger partial charge is 0.351 e. The average Bonchev–Trinajstić information content (AvgIpc) is 2.37. The van der Waals surface area contributed by atoms with Crippen molar-refractivity contribution in [2.75, 3.05) is 0 Å². The van der Waals surface area contributed by atoms with Crippen LogP contribution in [0.2, 0.25) is 0 Å². The fourth-order valence-corrected chi connectivity index (χ4v) is 5.64. The van der Waals surface area contributed by atoms with Gasteiger partial charge in [0, 0.05) is 11.0 Å². The molecule has 4 saturated carbocycles. The van der Waals surface area contributed by atoms with Crippen LogP contribution < -0.4 is 5.73 Å². The molecular formula is C17H24N+. The molecule has 1 aromatic rings. The molecule has 1 atom stereocenters. The van der Waals surface area contributed by atoms with E-state index in [1.54, 1.807) is 0 Å². The van der Waals surface area contributed by atoms with Gasteiger partial charge in [-0.15, -0.1) is 0 Å². The van der Waals surface area contributed by atoms with Crippen LogP contribution in [0.25, 0.3) is 0 Å². The molecule has 0 aromatic heterocycles. The zero-order valence-corrected chi connectivity index (χ0v) is 11.1. The van der Waals surface area contributed by atoms with Crippen LogP contribution in [0.3, 0.4) is 0 Å². The van der Waals surface area contributed by atoms with Crippen LogP contribution in [0, 0.1) is 23.2 Å². The lowest BCUT2D eigenvalue weighted by Crippen LogP contribution is -2.65. The molecule has 0 unspecified atom stereocenters. The zero-order chi connectivity index (χ0) is 12.2. The summed E-state index contributed by atoms with van der Waals surface area (Å²) in [6.07, 6.45) is 8.97. The van der Waals surface area contributed by atoms with E-state index in [9.17, 15) is 0 Å². The molecule has 96 valence electrons. The van der Waals surface area contributed by atoms with Gasteiger partial charge in [0.25, 0.3) is 0 Å². The van der Waals surface area contributed by atoms with Gasteiger partial charge in [-0.3, -0.25) is 0 Å². The molecule has 1 aromatic carbocycles. The van der Waals surface area contributed by atoms with Crippen molar-refractivity contribution < 1.29 is 5.73 Å². The normalized spacial score (nSPS) is 43.1. The third-order valence-corrected chi connectivity index (χ3v) is 6.03. The molecule has 0 spiro atoms. The standard InChI is InChI=1S/C17H23N/c18-16(15-4-2-1-3-5-15)17-9-12-6-13(10-17)8-14(7-12)11-17/h1-5,12-14,16H,6-11,18H2/p+1/t12?,13?,14?,16-,17?/m1/s1. The minimum absolute atomic E-state index is 0.520. The Labute approximate surface area is 110 Å². The monoisotopic (exact) mass is 242 g/mol. The molecule has 0 saturated heterocycles. The number of rotatable bonds is 2. The molecule has 0 aliphatic heterocycles. The Kier molecular flexibility index (Phi) is 2.35. The van der Waals surface area contributed by atoms with Gasteiger partial charge in [0.2, 0.25) is 0 Å². The Morgan fingerprint density at radius 1 is 0.889 bits per heavy atom. The molecule has 4 aliphatic carbocycles. The van der Waals surface area contributed by atoms with Crippen LogP contribution in [-0.2, 0) is 0 Å². The van der Waals surface area contributed by atoms with E-state index in [1.807, 2.05) is 0 Å². The molecule has 18 heavy (non-hydrogen) atoms. The molecule has 5 rings (SSSR count). The number of benzene rings is 1. The van der Waals surface area contributed by atoms with Crippen molar-refractivity contribution in [1.82, 2.24) is 0 Å². The molecule has 0 amide bonds. The van der Waals surface area contributed by atoms with Crippen LogP contribution in [0.1, 0.15) is 50.1 Å². The summed E-state index contributed by atoms with van der Waals surface area (Å²) in [5.74, 6) is 3.10. The van der Waals surface area contributed by atoms with Crippen LogP contribution in [0.4, 0.5) is 0 Å². The van der Waals surface area contributed by atoms with Crippen molar-refractivity contribution in [3.8, 4) is 0 Å². The summed E-state index contributed by atoms with van der Waals surface area (Å²) < 4.78 is 0. The number of hydrogen-bond donors (Lipinski definition) is 1. The van der Waals surface area contributed by atoms with Crippen molar-refractivity contribution in [3.05, 3.63) is 35.9 Å². The maximum Gasteiger partial charge on any atom is 0.116 e. The third kappa shape index (κ3) is 1.56. The Balaban J connectivity index is 1.67. The minimum Gasteiger partial charge on any atom is -0.351 e. The van der Waals surface area contributed by atoms with Gasteiger partial charge in [-0.1, -0.05) is 30.3 Å². The van der Waals surface area contributed by atoms with E-state index in [1.165, 1.54) is 44.1 Å². The number of quaternary nitrogens is 1. The highest BCUT2D eigenvalue weighted by atomic mass is 14.7. The SMILES string of the molecule is [NH3+][C@H](c1ccccc1)C12CC3CC(CC(C3)C1)C2. The zero-order valence-electron chi connectivity index (χ0n) is 11.1. The fraction of sp³-hybridized carbons (Fsp3) is 0.647. The molecule has 4 fully saturated rings. The van der Waals surface area contributed by atoms with Crippen LogP contribution in [-0.4, -0.2) is 0 Å². The Bertz CT molecular complexity index is 401. The fourth-order valence-electron chi connectivity index (χ4n) is 5.64. The second-order valence-electron chi connectivity index (χ2n) is 7.24. The molecule has 0 heterocycles. The van der Waals surface area contributed by atoms with Gasteiger partial charge in [0.05, 0.1) is 0 Å². The Morgan fingerprint density at radius 3 is 1.89 bits per heavy atom. The quantitative estimate of drug-likeness (QED) is 0.825. The topological polar surface area (TPSA) is 27.6 Å². The maximum absolute atomic E-state index is 4.60. The lowest BCUT2D eigenvalue weighted by molar-refractivity contribution is -0.465. The third-order valence-electron chi connectivity index (χ3n) is 6.03. The Morgan fingerprint density at radius 2 is 1.39 bits per heavy atom. The van der Waals surface area contributed by atoms with E-state index in [0.29, 0.717) is 11.5 Å².